The highest BCUT2D eigenvalue weighted by Crippen LogP contribution is 2.23. The number of carbonyl (C=O) groups excluding carboxylic acids is 2. The number of hydrogen-bond donors (Lipinski definition) is 2. The van der Waals surface area contributed by atoms with Gasteiger partial charge in [0.2, 0.25) is 11.8 Å². The quantitative estimate of drug-likeness (QED) is 0.648. The van der Waals surface area contributed by atoms with Crippen LogP contribution in [0.25, 0.3) is 0 Å². The lowest BCUT2D eigenvalue weighted by atomic mass is 9.98. The number of amides is 2. The molecule has 1 saturated heterocycles. The molecular weight excluding hydrogens is 354 g/mol. The molecule has 2 heterocycles. The van der Waals surface area contributed by atoms with Crippen LogP contribution in [-0.2, 0) is 29.0 Å². The normalized spacial score (nSPS) is 16.4. The fourth-order valence-electron chi connectivity index (χ4n) is 3.61. The maximum absolute atomic E-state index is 12.1. The molecule has 142 valence electrons. The van der Waals surface area contributed by atoms with Gasteiger partial charge in [0.1, 0.15) is 5.75 Å². The number of aromatic hydroxyl groups is 1. The smallest absolute Gasteiger partial charge is 0.230 e. The van der Waals surface area contributed by atoms with E-state index in [4.69, 9.17) is 0 Å². The molecule has 1 atom stereocenters. The Bertz CT molecular complexity index is 1010. The summed E-state index contributed by atoms with van der Waals surface area (Å²) < 4.78 is 2.00. The number of imide groups is 1. The first kappa shape index (κ1) is 18.0. The average Bonchev–Trinajstić information content (AvgIpc) is 3.19. The molecular formula is C22H21N3O3. The highest BCUT2D eigenvalue weighted by molar-refractivity contribution is 6.03. The van der Waals surface area contributed by atoms with Gasteiger partial charge in [0.05, 0.1) is 17.9 Å². The van der Waals surface area contributed by atoms with Gasteiger partial charge in [-0.05, 0) is 23.3 Å². The van der Waals surface area contributed by atoms with Gasteiger partial charge in [-0.2, -0.15) is 0 Å². The number of nitrogens with zero attached hydrogens (tertiary/aromatic N) is 2. The van der Waals surface area contributed by atoms with E-state index in [0.717, 1.165) is 22.5 Å². The number of phenolic OH excluding ortho intramolecular Hbond substituents is 1. The average molecular weight is 375 g/mol. The molecule has 2 N–H and O–H groups in total. The summed E-state index contributed by atoms with van der Waals surface area (Å²) in [7, 11) is 0. The summed E-state index contributed by atoms with van der Waals surface area (Å²) in [5.74, 6) is -0.606. The summed E-state index contributed by atoms with van der Waals surface area (Å²) in [5.41, 5.74) is 3.93. The lowest BCUT2D eigenvalue weighted by Crippen LogP contribution is -2.23. The molecule has 1 fully saturated rings. The van der Waals surface area contributed by atoms with Crippen LogP contribution in [0.5, 0.6) is 5.75 Å². The molecule has 1 aliphatic heterocycles. The molecule has 0 aliphatic carbocycles. The Hall–Kier alpha value is -3.41. The third-order valence-corrected chi connectivity index (χ3v) is 5.02. The number of aromatic nitrogens is 2. The number of imidazole rings is 1. The summed E-state index contributed by atoms with van der Waals surface area (Å²) in [6.45, 7) is 0.536. The third kappa shape index (κ3) is 3.96. The van der Waals surface area contributed by atoms with Gasteiger partial charge >= 0.3 is 0 Å². The van der Waals surface area contributed by atoms with Crippen LogP contribution in [0.4, 0.5) is 0 Å². The zero-order chi connectivity index (χ0) is 19.5. The van der Waals surface area contributed by atoms with Crippen molar-refractivity contribution < 1.29 is 14.7 Å². The number of benzene rings is 2. The van der Waals surface area contributed by atoms with Gasteiger partial charge < -0.3 is 9.67 Å². The first-order valence-electron chi connectivity index (χ1n) is 9.27. The molecule has 2 amide bonds. The van der Waals surface area contributed by atoms with E-state index in [9.17, 15) is 14.7 Å². The first-order chi connectivity index (χ1) is 13.6. The van der Waals surface area contributed by atoms with Gasteiger partial charge in [-0.1, -0.05) is 42.5 Å². The molecule has 0 saturated carbocycles. The largest absolute Gasteiger partial charge is 0.508 e. The minimum atomic E-state index is -0.373. The SMILES string of the molecule is O=C1CC(Cc2c(Cc3ccccc3)ncn2Cc2cccc(O)c2)C(=O)N1. The van der Waals surface area contributed by atoms with Crippen LogP contribution >= 0.6 is 0 Å². The molecule has 0 radical (unpaired) electrons. The van der Waals surface area contributed by atoms with Gasteiger partial charge in [-0.25, -0.2) is 4.98 Å². The molecule has 1 unspecified atom stereocenters. The summed E-state index contributed by atoms with van der Waals surface area (Å²) >= 11 is 0. The van der Waals surface area contributed by atoms with Gasteiger partial charge in [0.15, 0.2) is 0 Å². The second kappa shape index (κ2) is 7.68. The number of carbonyl (C=O) groups is 2. The van der Waals surface area contributed by atoms with Crippen LogP contribution in [0.1, 0.15) is 28.9 Å². The Kier molecular flexibility index (Phi) is 4.93. The topological polar surface area (TPSA) is 84.2 Å². The van der Waals surface area contributed by atoms with Crippen LogP contribution in [0.15, 0.2) is 60.9 Å². The Morgan fingerprint density at radius 2 is 1.86 bits per heavy atom. The summed E-state index contributed by atoms with van der Waals surface area (Å²) in [4.78, 5) is 28.3. The van der Waals surface area contributed by atoms with Crippen LogP contribution in [-0.4, -0.2) is 26.5 Å². The van der Waals surface area contributed by atoms with Crippen molar-refractivity contribution in [2.45, 2.75) is 25.8 Å². The molecule has 1 aromatic heterocycles. The Balaban J connectivity index is 1.65. The molecule has 0 spiro atoms. The number of nitrogens with one attached hydrogen (secondary N) is 1. The minimum Gasteiger partial charge on any atom is -0.508 e. The Morgan fingerprint density at radius 1 is 1.07 bits per heavy atom. The number of rotatable bonds is 6. The maximum Gasteiger partial charge on any atom is 0.230 e. The molecule has 6 nitrogen and oxygen atoms in total. The Labute approximate surface area is 162 Å². The first-order valence-corrected chi connectivity index (χ1v) is 9.27. The standard InChI is InChI=1S/C22H21N3O3/c26-18-8-4-7-16(9-18)13-25-14-23-19(10-15-5-2-1-3-6-15)20(25)11-17-12-21(27)24-22(17)28/h1-9,14,17,26H,10-13H2,(H,24,27,28). The second-order valence-corrected chi connectivity index (χ2v) is 7.12. The van der Waals surface area contributed by atoms with Gasteiger partial charge in [0.25, 0.3) is 0 Å². The van der Waals surface area contributed by atoms with Crippen molar-refractivity contribution in [3.63, 3.8) is 0 Å². The lowest BCUT2D eigenvalue weighted by molar-refractivity contribution is -0.125. The molecule has 4 rings (SSSR count). The lowest BCUT2D eigenvalue weighted by Gasteiger charge is -2.13. The highest BCUT2D eigenvalue weighted by Gasteiger charge is 2.32. The third-order valence-electron chi connectivity index (χ3n) is 5.02. The summed E-state index contributed by atoms with van der Waals surface area (Å²) in [6, 6.07) is 17.1. The maximum atomic E-state index is 12.1. The fourth-order valence-corrected chi connectivity index (χ4v) is 3.61. The fraction of sp³-hybridized carbons (Fsp3) is 0.227. The van der Waals surface area contributed by atoms with Crippen LogP contribution < -0.4 is 5.32 Å². The highest BCUT2D eigenvalue weighted by atomic mass is 16.3. The zero-order valence-corrected chi connectivity index (χ0v) is 15.3. The van der Waals surface area contributed by atoms with Crippen LogP contribution in [0, 0.1) is 5.92 Å². The molecule has 3 aromatic rings. The van der Waals surface area contributed by atoms with Crippen LogP contribution in [0.3, 0.4) is 0 Å². The number of phenols is 1. The van der Waals surface area contributed by atoms with E-state index >= 15 is 0 Å². The summed E-state index contributed by atoms with van der Waals surface area (Å²) in [5, 5.41) is 12.1. The van der Waals surface area contributed by atoms with Gasteiger partial charge in [-0.3, -0.25) is 14.9 Å². The minimum absolute atomic E-state index is 0.209. The molecule has 6 heteroatoms. The van der Waals surface area contributed by atoms with E-state index in [2.05, 4.69) is 10.3 Å². The van der Waals surface area contributed by atoms with Crippen molar-refractivity contribution >= 4 is 11.8 Å². The molecule has 2 aromatic carbocycles. The predicted octanol–water partition coefficient (Wildman–Crippen LogP) is 2.43. The molecule has 1 aliphatic rings. The molecule has 28 heavy (non-hydrogen) atoms. The van der Waals surface area contributed by atoms with Crippen molar-refractivity contribution in [2.75, 3.05) is 0 Å². The zero-order valence-electron chi connectivity index (χ0n) is 15.3. The molecule has 0 bridgehead atoms. The van der Waals surface area contributed by atoms with E-state index in [1.54, 1.807) is 24.5 Å². The van der Waals surface area contributed by atoms with Crippen molar-refractivity contribution in [1.82, 2.24) is 14.9 Å². The van der Waals surface area contributed by atoms with E-state index in [1.807, 2.05) is 41.0 Å². The van der Waals surface area contributed by atoms with E-state index < -0.39 is 0 Å². The van der Waals surface area contributed by atoms with E-state index in [1.165, 1.54) is 0 Å². The van der Waals surface area contributed by atoms with Crippen molar-refractivity contribution in [2.24, 2.45) is 5.92 Å². The predicted molar refractivity (Wildman–Crippen MR) is 104 cm³/mol. The van der Waals surface area contributed by atoms with E-state index in [0.29, 0.717) is 19.4 Å². The van der Waals surface area contributed by atoms with Crippen molar-refractivity contribution in [3.05, 3.63) is 83.4 Å². The van der Waals surface area contributed by atoms with Crippen molar-refractivity contribution in [1.29, 1.82) is 0 Å². The van der Waals surface area contributed by atoms with E-state index in [-0.39, 0.29) is 29.9 Å². The monoisotopic (exact) mass is 375 g/mol. The van der Waals surface area contributed by atoms with Crippen molar-refractivity contribution in [3.8, 4) is 5.75 Å². The summed E-state index contributed by atoms with van der Waals surface area (Å²) in [6.07, 6.45) is 3.09. The number of hydrogen-bond acceptors (Lipinski definition) is 4. The van der Waals surface area contributed by atoms with Gasteiger partial charge in [-0.15, -0.1) is 0 Å². The Morgan fingerprint density at radius 3 is 2.57 bits per heavy atom. The second-order valence-electron chi connectivity index (χ2n) is 7.12. The van der Waals surface area contributed by atoms with Crippen LogP contribution in [0.2, 0.25) is 0 Å². The van der Waals surface area contributed by atoms with Gasteiger partial charge in [0, 0.05) is 31.5 Å².